The summed E-state index contributed by atoms with van der Waals surface area (Å²) >= 11 is 0. The number of ether oxygens (including phenoxy) is 1. The van der Waals surface area contributed by atoms with Gasteiger partial charge in [0.05, 0.1) is 7.11 Å². The number of aryl methyl sites for hydroxylation is 1. The van der Waals surface area contributed by atoms with Crippen molar-refractivity contribution in [2.24, 2.45) is 5.11 Å². The van der Waals surface area contributed by atoms with Gasteiger partial charge in [0.2, 0.25) is 0 Å². The Morgan fingerprint density at radius 1 is 1.48 bits per heavy atom. The first-order valence-electron chi connectivity index (χ1n) is 6.28. The second kappa shape index (κ2) is 9.02. The van der Waals surface area contributed by atoms with Crippen molar-refractivity contribution >= 4 is 5.97 Å². The van der Waals surface area contributed by atoms with E-state index in [0.29, 0.717) is 6.54 Å². The van der Waals surface area contributed by atoms with E-state index < -0.39 is 5.97 Å². The fourth-order valence-corrected chi connectivity index (χ4v) is 1.66. The molecule has 0 aliphatic heterocycles. The number of hydrogen-bond acceptors (Lipinski definition) is 5. The van der Waals surface area contributed by atoms with Crippen molar-refractivity contribution in [3.05, 3.63) is 57.7 Å². The lowest BCUT2D eigenvalue weighted by Gasteiger charge is -2.08. The maximum atomic E-state index is 11.4. The van der Waals surface area contributed by atoms with Crippen LogP contribution < -0.4 is 5.32 Å². The first-order valence-corrected chi connectivity index (χ1v) is 6.28. The fraction of sp³-hybridized carbons (Fsp3) is 0.286. The molecule has 108 valence electrons. The zero-order chi connectivity index (χ0) is 15.5. The van der Waals surface area contributed by atoms with E-state index in [9.17, 15) is 4.79 Å². The molecule has 7 nitrogen and oxygen atoms in total. The highest BCUT2D eigenvalue weighted by Gasteiger charge is 2.14. The van der Waals surface area contributed by atoms with Crippen LogP contribution in [0.3, 0.4) is 0 Å². The van der Waals surface area contributed by atoms with Crippen LogP contribution in [0, 0.1) is 11.3 Å². The van der Waals surface area contributed by atoms with Gasteiger partial charge in [0.15, 0.2) is 5.57 Å². The van der Waals surface area contributed by atoms with E-state index in [1.807, 2.05) is 30.3 Å². The van der Waals surface area contributed by atoms with Gasteiger partial charge in [-0.1, -0.05) is 30.3 Å². The molecule has 0 aliphatic rings. The average Bonchev–Trinajstić information content (AvgIpc) is 2.52. The third-order valence-corrected chi connectivity index (χ3v) is 2.66. The molecule has 0 aromatic heterocycles. The van der Waals surface area contributed by atoms with Crippen molar-refractivity contribution in [2.75, 3.05) is 13.7 Å². The van der Waals surface area contributed by atoms with Gasteiger partial charge in [-0.15, -0.1) is 0 Å². The van der Waals surface area contributed by atoms with Gasteiger partial charge in [-0.3, -0.25) is 0 Å². The Morgan fingerprint density at radius 3 is 2.76 bits per heavy atom. The molecule has 0 saturated carbocycles. The molecule has 1 aromatic carbocycles. The maximum Gasteiger partial charge on any atom is 0.350 e. The van der Waals surface area contributed by atoms with E-state index in [1.54, 1.807) is 6.07 Å². The molecule has 0 atom stereocenters. The molecule has 1 aromatic rings. The predicted molar refractivity (Wildman–Crippen MR) is 76.6 cm³/mol. The molecule has 21 heavy (non-hydrogen) atoms. The molecule has 0 saturated heterocycles. The number of methoxy groups -OCH3 is 1. The normalized spacial score (nSPS) is 10.7. The highest BCUT2D eigenvalue weighted by Crippen LogP contribution is 2.06. The molecule has 0 spiro atoms. The molecule has 0 aliphatic carbocycles. The third-order valence-electron chi connectivity index (χ3n) is 2.66. The summed E-state index contributed by atoms with van der Waals surface area (Å²) in [4.78, 5) is 14.0. The Morgan fingerprint density at radius 2 is 2.19 bits per heavy atom. The number of carbonyl (C=O) groups excluding carboxylic acids is 1. The summed E-state index contributed by atoms with van der Waals surface area (Å²) in [5.41, 5.74) is 9.34. The van der Waals surface area contributed by atoms with E-state index in [0.717, 1.165) is 20.0 Å². The van der Waals surface area contributed by atoms with Crippen molar-refractivity contribution in [3.8, 4) is 6.07 Å². The van der Waals surface area contributed by atoms with Crippen LogP contribution in [-0.4, -0.2) is 19.6 Å². The van der Waals surface area contributed by atoms with Crippen LogP contribution in [0.25, 0.3) is 10.4 Å². The fourth-order valence-electron chi connectivity index (χ4n) is 1.66. The van der Waals surface area contributed by atoms with Gasteiger partial charge in [0, 0.05) is 11.5 Å². The summed E-state index contributed by atoms with van der Waals surface area (Å²) in [5, 5.41) is 15.1. The van der Waals surface area contributed by atoms with Crippen molar-refractivity contribution in [1.82, 2.24) is 5.32 Å². The maximum absolute atomic E-state index is 11.4. The average molecular weight is 285 g/mol. The van der Waals surface area contributed by atoms with Gasteiger partial charge in [-0.25, -0.2) is 4.79 Å². The monoisotopic (exact) mass is 285 g/mol. The van der Waals surface area contributed by atoms with E-state index in [1.165, 1.54) is 5.56 Å². The highest BCUT2D eigenvalue weighted by atomic mass is 16.5. The molecule has 0 fully saturated rings. The van der Waals surface area contributed by atoms with E-state index in [-0.39, 0.29) is 11.4 Å². The summed E-state index contributed by atoms with van der Waals surface area (Å²) in [6.45, 7) is 0.464. The van der Waals surface area contributed by atoms with Crippen LogP contribution in [0.2, 0.25) is 0 Å². The van der Waals surface area contributed by atoms with Gasteiger partial charge in [0.1, 0.15) is 11.9 Å². The van der Waals surface area contributed by atoms with Gasteiger partial charge in [-0.2, -0.15) is 5.26 Å². The van der Waals surface area contributed by atoms with Gasteiger partial charge in [0.25, 0.3) is 0 Å². The van der Waals surface area contributed by atoms with Crippen LogP contribution in [0.15, 0.2) is 46.8 Å². The molecule has 0 unspecified atom stereocenters. The number of nitrogens with one attached hydrogen (secondary N) is 1. The zero-order valence-corrected chi connectivity index (χ0v) is 11.6. The molecule has 0 bridgehead atoms. The van der Waals surface area contributed by atoms with Gasteiger partial charge >= 0.3 is 5.97 Å². The lowest BCUT2D eigenvalue weighted by molar-refractivity contribution is -0.135. The van der Waals surface area contributed by atoms with Crippen molar-refractivity contribution in [1.29, 1.82) is 5.26 Å². The van der Waals surface area contributed by atoms with E-state index >= 15 is 0 Å². The number of esters is 1. The third kappa shape index (κ3) is 5.27. The quantitative estimate of drug-likeness (QED) is 0.158. The van der Waals surface area contributed by atoms with E-state index in [2.05, 4.69) is 20.1 Å². The molecule has 1 N–H and O–H groups in total. The van der Waals surface area contributed by atoms with Crippen LogP contribution in [0.5, 0.6) is 0 Å². The Labute approximate surface area is 122 Å². The van der Waals surface area contributed by atoms with E-state index in [4.69, 9.17) is 10.8 Å². The topological polar surface area (TPSA) is 111 Å². The number of azide groups is 1. The number of nitriles is 1. The molecular weight excluding hydrogens is 270 g/mol. The number of nitrogens with zero attached hydrogens (tertiary/aromatic N) is 4. The van der Waals surface area contributed by atoms with Crippen molar-refractivity contribution < 1.29 is 9.53 Å². The molecule has 0 radical (unpaired) electrons. The summed E-state index contributed by atoms with van der Waals surface area (Å²) < 4.78 is 4.46. The molecule has 7 heteroatoms. The van der Waals surface area contributed by atoms with Crippen LogP contribution in [0.1, 0.15) is 12.0 Å². The number of hydrogen-bond donors (Lipinski definition) is 1. The SMILES string of the molecule is COC(=O)/C(C#N)=C(/N=[N+]=[N-])NCCCc1ccccc1. The van der Waals surface area contributed by atoms with Crippen LogP contribution in [-0.2, 0) is 16.0 Å². The second-order valence-corrected chi connectivity index (χ2v) is 4.03. The van der Waals surface area contributed by atoms with Gasteiger partial charge in [-0.05, 0) is 29.1 Å². The Kier molecular flexibility index (Phi) is 6.91. The smallest absolute Gasteiger partial charge is 0.350 e. The summed E-state index contributed by atoms with van der Waals surface area (Å²) in [6, 6.07) is 11.6. The highest BCUT2D eigenvalue weighted by molar-refractivity contribution is 5.93. The zero-order valence-electron chi connectivity index (χ0n) is 11.6. The Balaban J connectivity index is 2.64. The minimum atomic E-state index is -0.838. The predicted octanol–water partition coefficient (Wildman–Crippen LogP) is 2.43. The minimum Gasteiger partial charge on any atom is -0.465 e. The first-order chi connectivity index (χ1) is 10.2. The first kappa shape index (κ1) is 16.1. The molecule has 1 rings (SSSR count). The number of benzene rings is 1. The summed E-state index contributed by atoms with van der Waals surface area (Å²) in [5.74, 6) is -0.949. The van der Waals surface area contributed by atoms with Crippen molar-refractivity contribution in [2.45, 2.75) is 12.8 Å². The standard InChI is InChI=1S/C14H15N5O2/c1-21-14(20)12(10-15)13(18-19-16)17-9-5-8-11-6-3-2-4-7-11/h2-4,6-7,17H,5,8-9H2,1H3/b13-12+. The molecular formula is C14H15N5O2. The summed E-state index contributed by atoms with van der Waals surface area (Å²) in [7, 11) is 1.16. The van der Waals surface area contributed by atoms with Crippen LogP contribution >= 0.6 is 0 Å². The lowest BCUT2D eigenvalue weighted by atomic mass is 10.1. The molecule has 0 amide bonds. The van der Waals surface area contributed by atoms with Crippen molar-refractivity contribution in [3.63, 3.8) is 0 Å². The van der Waals surface area contributed by atoms with Gasteiger partial charge < -0.3 is 10.1 Å². The number of rotatable bonds is 7. The minimum absolute atomic E-state index is 0.111. The number of carbonyl (C=O) groups is 1. The largest absolute Gasteiger partial charge is 0.465 e. The molecule has 0 heterocycles. The summed E-state index contributed by atoms with van der Waals surface area (Å²) in [6.07, 6.45) is 1.59. The lowest BCUT2D eigenvalue weighted by Crippen LogP contribution is -2.19. The van der Waals surface area contributed by atoms with Crippen LogP contribution in [0.4, 0.5) is 0 Å². The Bertz CT molecular complexity index is 598. The second-order valence-electron chi connectivity index (χ2n) is 4.03. The Hall–Kier alpha value is -2.97.